The van der Waals surface area contributed by atoms with E-state index >= 15 is 0 Å². The second-order valence-corrected chi connectivity index (χ2v) is 1.63. The minimum atomic E-state index is -4.67. The third-order valence-electron chi connectivity index (χ3n) is 0. The van der Waals surface area contributed by atoms with E-state index in [0.29, 0.717) is 0 Å². The van der Waals surface area contributed by atoms with E-state index in [0.717, 1.165) is 0 Å². The van der Waals surface area contributed by atoms with Gasteiger partial charge in [0.05, 0.1) is 0 Å². The van der Waals surface area contributed by atoms with E-state index < -0.39 is 10.4 Å². The van der Waals surface area contributed by atoms with Gasteiger partial charge in [-0.3, -0.25) is 23.2 Å². The zero-order chi connectivity index (χ0) is 7.21. The van der Waals surface area contributed by atoms with Crippen LogP contribution in [-0.2, 0) is 10.4 Å². The van der Waals surface area contributed by atoms with E-state index in [1.807, 2.05) is 0 Å². The van der Waals surface area contributed by atoms with Crippen molar-refractivity contribution in [3.8, 4) is 0 Å². The maximum absolute atomic E-state index is 8.74. The van der Waals surface area contributed by atoms with Crippen LogP contribution >= 0.6 is 0 Å². The van der Waals surface area contributed by atoms with Gasteiger partial charge in [0.1, 0.15) is 0 Å². The summed E-state index contributed by atoms with van der Waals surface area (Å²) in [6, 6.07) is 0. The first-order chi connectivity index (χ1) is 3.41. The van der Waals surface area contributed by atoms with Gasteiger partial charge in [-0.05, 0) is 0 Å². The van der Waals surface area contributed by atoms with E-state index in [4.69, 9.17) is 17.5 Å². The van der Waals surface area contributed by atoms with Gasteiger partial charge < -0.3 is 0 Å². The van der Waals surface area contributed by atoms with Crippen LogP contribution in [0.5, 0.6) is 0 Å². The summed E-state index contributed by atoms with van der Waals surface area (Å²) in [4.78, 5) is 0. The monoisotopic (exact) mass is 217 g/mol. The SMILES string of the molecule is C=C[CH2-].F.F.F.O=S(=O)(O)O.[B].[Li+]. The van der Waals surface area contributed by atoms with Gasteiger partial charge in [-0.1, -0.05) is 0 Å². The zero-order valence-electron chi connectivity index (χ0n) is 6.91. The molecular formula is C3H10BF3LiO4S. The fourth-order valence-corrected chi connectivity index (χ4v) is 0. The van der Waals surface area contributed by atoms with Crippen LogP contribution in [0.1, 0.15) is 0 Å². The summed E-state index contributed by atoms with van der Waals surface area (Å²) in [6.07, 6.45) is 1.50. The topological polar surface area (TPSA) is 74.6 Å². The Morgan fingerprint density at radius 3 is 1.15 bits per heavy atom. The average molecular weight is 217 g/mol. The van der Waals surface area contributed by atoms with Crippen molar-refractivity contribution in [1.82, 2.24) is 0 Å². The summed E-state index contributed by atoms with van der Waals surface area (Å²) in [6.45, 7) is 6.50. The van der Waals surface area contributed by atoms with Crippen LogP contribution in [0, 0.1) is 6.92 Å². The molecule has 0 aliphatic heterocycles. The van der Waals surface area contributed by atoms with Crippen molar-refractivity contribution in [2.75, 3.05) is 0 Å². The molecular weight excluding hydrogens is 207 g/mol. The molecule has 0 amide bonds. The largest absolute Gasteiger partial charge is 1.00 e. The number of allylic oxidation sites excluding steroid dienone is 1. The molecule has 0 aromatic heterocycles. The zero-order valence-corrected chi connectivity index (χ0v) is 7.73. The Labute approximate surface area is 89.2 Å². The Bertz CT molecular complexity index is 145. The quantitative estimate of drug-likeness (QED) is 0.266. The minimum absolute atomic E-state index is 0. The molecule has 0 saturated heterocycles. The van der Waals surface area contributed by atoms with Crippen LogP contribution in [0.4, 0.5) is 14.1 Å². The maximum atomic E-state index is 8.74. The molecule has 0 bridgehead atoms. The maximum Gasteiger partial charge on any atom is 1.00 e. The first kappa shape index (κ1) is 52.3. The Morgan fingerprint density at radius 1 is 1.15 bits per heavy atom. The van der Waals surface area contributed by atoms with Crippen molar-refractivity contribution < 1.29 is 50.5 Å². The van der Waals surface area contributed by atoms with Crippen molar-refractivity contribution in [1.29, 1.82) is 0 Å². The Kier molecular flexibility index (Phi) is 119. The first-order valence-corrected chi connectivity index (χ1v) is 2.91. The normalized spacial score (nSPS) is 5.38. The van der Waals surface area contributed by atoms with Crippen molar-refractivity contribution in [3.05, 3.63) is 19.6 Å². The summed E-state index contributed by atoms with van der Waals surface area (Å²) < 4.78 is 31.6. The fourth-order valence-electron chi connectivity index (χ4n) is 0. The molecule has 4 nitrogen and oxygen atoms in total. The predicted octanol–water partition coefficient (Wildman–Crippen LogP) is -2.57. The van der Waals surface area contributed by atoms with Gasteiger partial charge in [-0.15, -0.1) is 0 Å². The molecule has 0 atom stereocenters. The van der Waals surface area contributed by atoms with Gasteiger partial charge in [0.2, 0.25) is 0 Å². The van der Waals surface area contributed by atoms with Crippen molar-refractivity contribution in [2.24, 2.45) is 0 Å². The fraction of sp³-hybridized carbons (Fsp3) is 0. The summed E-state index contributed by atoms with van der Waals surface area (Å²) in [5, 5.41) is 0. The van der Waals surface area contributed by atoms with E-state index in [1.54, 1.807) is 0 Å². The van der Waals surface area contributed by atoms with Gasteiger partial charge in [0.15, 0.2) is 0 Å². The van der Waals surface area contributed by atoms with Gasteiger partial charge in [0, 0.05) is 8.41 Å². The molecule has 0 aliphatic rings. The van der Waals surface area contributed by atoms with Gasteiger partial charge >= 0.3 is 29.3 Å². The smallest absolute Gasteiger partial charge is 0.269 e. The molecule has 0 aromatic rings. The predicted molar refractivity (Wildman–Crippen MR) is 43.0 cm³/mol. The van der Waals surface area contributed by atoms with Crippen LogP contribution in [0.3, 0.4) is 0 Å². The van der Waals surface area contributed by atoms with Crippen molar-refractivity contribution in [3.63, 3.8) is 0 Å². The number of halogens is 3. The summed E-state index contributed by atoms with van der Waals surface area (Å²) in [7, 11) is -4.67. The number of hydrogen-bond donors (Lipinski definition) is 2. The Balaban J connectivity index is -0.00000000840. The molecule has 0 aromatic carbocycles. The average Bonchev–Trinajstić information content (AvgIpc) is 1.27. The standard InChI is InChI=1S/C3H5.B.3FH.Li.H2O4S/c1-3-2;;;;;;1-5(2,3)4/h3H,1-2H2;;3*1H;;(H2,1,2,3,4)/q-1;;;;;+1;. The number of hydrogen-bond acceptors (Lipinski definition) is 2. The second kappa shape index (κ2) is 29.7. The molecule has 3 radical (unpaired) electrons. The molecule has 0 unspecified atom stereocenters. The van der Waals surface area contributed by atoms with Gasteiger partial charge in [-0.2, -0.15) is 8.42 Å². The third-order valence-corrected chi connectivity index (χ3v) is 0. The summed E-state index contributed by atoms with van der Waals surface area (Å²) in [5.41, 5.74) is 0. The Hall–Kier alpha value is -0.0677. The third kappa shape index (κ3) is 257000. The van der Waals surface area contributed by atoms with Crippen molar-refractivity contribution in [2.45, 2.75) is 0 Å². The van der Waals surface area contributed by atoms with Crippen molar-refractivity contribution >= 4 is 18.8 Å². The molecule has 13 heavy (non-hydrogen) atoms. The molecule has 10 heteroatoms. The van der Waals surface area contributed by atoms with E-state index in [9.17, 15) is 0 Å². The van der Waals surface area contributed by atoms with Gasteiger partial charge in [0.25, 0.3) is 0 Å². The molecule has 0 saturated carbocycles. The van der Waals surface area contributed by atoms with Crippen LogP contribution in [-0.4, -0.2) is 25.9 Å². The summed E-state index contributed by atoms with van der Waals surface area (Å²) in [5.74, 6) is 0. The molecule has 0 rings (SSSR count). The second-order valence-electron chi connectivity index (χ2n) is 0.737. The van der Waals surface area contributed by atoms with E-state index in [1.165, 1.54) is 6.08 Å². The van der Waals surface area contributed by atoms with Crippen LogP contribution < -0.4 is 18.9 Å². The van der Waals surface area contributed by atoms with Gasteiger partial charge in [-0.25, -0.2) is 19.6 Å². The molecule has 2 N–H and O–H groups in total. The van der Waals surface area contributed by atoms with Crippen LogP contribution in [0.25, 0.3) is 0 Å². The van der Waals surface area contributed by atoms with E-state index in [2.05, 4.69) is 13.5 Å². The Morgan fingerprint density at radius 2 is 1.15 bits per heavy atom. The molecule has 0 aliphatic carbocycles. The molecule has 0 heterocycles. The molecule has 0 fully saturated rings. The van der Waals surface area contributed by atoms with Crippen LogP contribution in [0.2, 0.25) is 0 Å². The molecule has 0 spiro atoms. The summed E-state index contributed by atoms with van der Waals surface area (Å²) >= 11 is 0. The minimum Gasteiger partial charge on any atom is -0.269 e. The first-order valence-electron chi connectivity index (χ1n) is 1.51. The van der Waals surface area contributed by atoms with E-state index in [-0.39, 0.29) is 41.4 Å². The van der Waals surface area contributed by atoms with Crippen LogP contribution in [0.15, 0.2) is 12.7 Å². The number of rotatable bonds is 0. The molecule has 77 valence electrons.